The molecule has 1 rings (SSSR count). The molecule has 0 aromatic heterocycles. The maximum absolute atomic E-state index is 12.8. The molecule has 0 bridgehead atoms. The van der Waals surface area contributed by atoms with E-state index in [0.29, 0.717) is 13.2 Å². The number of hydrogen-bond acceptors (Lipinski definition) is 3. The quantitative estimate of drug-likeness (QED) is 0.572. The van der Waals surface area contributed by atoms with Crippen LogP contribution in [-0.2, 0) is 9.53 Å². The van der Waals surface area contributed by atoms with Crippen molar-refractivity contribution < 1.29 is 14.3 Å². The molecule has 1 aromatic carbocycles. The van der Waals surface area contributed by atoms with Crippen LogP contribution in [0.15, 0.2) is 18.2 Å². The first-order valence-corrected chi connectivity index (χ1v) is 9.15. The Kier molecular flexibility index (Phi) is 8.83. The summed E-state index contributed by atoms with van der Waals surface area (Å²) < 4.78 is 11.5. The van der Waals surface area contributed by atoms with Crippen molar-refractivity contribution >= 4 is 11.6 Å². The predicted molar refractivity (Wildman–Crippen MR) is 99.8 cm³/mol. The molecule has 0 aliphatic heterocycles. The van der Waals surface area contributed by atoms with Crippen LogP contribution >= 0.6 is 0 Å². The SMILES string of the molecule is CCCCC[C@@](C)(OCCC)C(=O)Nc1ccc(OCC)c(C)c1. The van der Waals surface area contributed by atoms with Gasteiger partial charge in [0.1, 0.15) is 11.4 Å². The number of rotatable bonds is 11. The molecule has 0 spiro atoms. The van der Waals surface area contributed by atoms with Gasteiger partial charge in [-0.05, 0) is 57.4 Å². The molecule has 0 saturated heterocycles. The summed E-state index contributed by atoms with van der Waals surface area (Å²) in [7, 11) is 0. The molecule has 0 fully saturated rings. The van der Waals surface area contributed by atoms with Crippen LogP contribution in [0.3, 0.4) is 0 Å². The number of unbranched alkanes of at least 4 members (excludes halogenated alkanes) is 2. The molecule has 136 valence electrons. The van der Waals surface area contributed by atoms with E-state index in [1.54, 1.807) is 0 Å². The summed E-state index contributed by atoms with van der Waals surface area (Å²) in [4.78, 5) is 12.8. The van der Waals surface area contributed by atoms with Crippen molar-refractivity contribution in [3.63, 3.8) is 0 Å². The fourth-order valence-corrected chi connectivity index (χ4v) is 2.60. The molecule has 0 aliphatic carbocycles. The highest BCUT2D eigenvalue weighted by molar-refractivity contribution is 5.97. The van der Waals surface area contributed by atoms with E-state index in [1.807, 2.05) is 39.0 Å². The first-order valence-electron chi connectivity index (χ1n) is 9.15. The maximum atomic E-state index is 12.8. The Bertz CT molecular complexity index is 516. The van der Waals surface area contributed by atoms with Crippen molar-refractivity contribution in [2.45, 2.75) is 72.3 Å². The maximum Gasteiger partial charge on any atom is 0.256 e. The molecule has 24 heavy (non-hydrogen) atoms. The molecule has 0 aliphatic rings. The Morgan fingerprint density at radius 1 is 1.17 bits per heavy atom. The van der Waals surface area contributed by atoms with Gasteiger partial charge in [-0.1, -0.05) is 33.1 Å². The number of benzene rings is 1. The van der Waals surface area contributed by atoms with Gasteiger partial charge in [-0.25, -0.2) is 0 Å². The number of aryl methyl sites for hydroxylation is 1. The van der Waals surface area contributed by atoms with Gasteiger partial charge in [-0.2, -0.15) is 0 Å². The smallest absolute Gasteiger partial charge is 0.256 e. The summed E-state index contributed by atoms with van der Waals surface area (Å²) in [5.41, 5.74) is 1.01. The first kappa shape index (κ1) is 20.5. The molecule has 1 N–H and O–H groups in total. The molecule has 1 amide bonds. The Balaban J connectivity index is 2.80. The summed E-state index contributed by atoms with van der Waals surface area (Å²) in [6.45, 7) is 11.3. The third-order valence-electron chi connectivity index (χ3n) is 4.10. The second-order valence-corrected chi connectivity index (χ2v) is 6.40. The van der Waals surface area contributed by atoms with Crippen molar-refractivity contribution in [1.82, 2.24) is 0 Å². The molecular formula is C20H33NO3. The number of ether oxygens (including phenoxy) is 2. The van der Waals surface area contributed by atoms with Gasteiger partial charge in [0, 0.05) is 12.3 Å². The van der Waals surface area contributed by atoms with Gasteiger partial charge >= 0.3 is 0 Å². The number of amides is 1. The highest BCUT2D eigenvalue weighted by Gasteiger charge is 2.33. The Hall–Kier alpha value is -1.55. The molecule has 1 atom stereocenters. The van der Waals surface area contributed by atoms with Crippen LogP contribution in [0.1, 0.15) is 65.4 Å². The zero-order valence-corrected chi connectivity index (χ0v) is 15.9. The third kappa shape index (κ3) is 6.16. The molecule has 4 nitrogen and oxygen atoms in total. The normalized spacial score (nSPS) is 13.4. The molecule has 0 heterocycles. The van der Waals surface area contributed by atoms with Crippen molar-refractivity contribution in [3.05, 3.63) is 23.8 Å². The minimum absolute atomic E-state index is 0.0735. The van der Waals surface area contributed by atoms with E-state index < -0.39 is 5.60 Å². The van der Waals surface area contributed by atoms with Crippen LogP contribution in [0, 0.1) is 6.92 Å². The van der Waals surface area contributed by atoms with E-state index in [9.17, 15) is 4.79 Å². The zero-order valence-electron chi connectivity index (χ0n) is 15.9. The second-order valence-electron chi connectivity index (χ2n) is 6.40. The average molecular weight is 335 g/mol. The van der Waals surface area contributed by atoms with Gasteiger partial charge < -0.3 is 14.8 Å². The zero-order chi connectivity index (χ0) is 18.0. The Morgan fingerprint density at radius 2 is 1.92 bits per heavy atom. The van der Waals surface area contributed by atoms with Crippen LogP contribution in [0.5, 0.6) is 5.75 Å². The van der Waals surface area contributed by atoms with Gasteiger partial charge in [-0.15, -0.1) is 0 Å². The van der Waals surface area contributed by atoms with Crippen LogP contribution in [-0.4, -0.2) is 24.7 Å². The van der Waals surface area contributed by atoms with E-state index in [-0.39, 0.29) is 5.91 Å². The largest absolute Gasteiger partial charge is 0.494 e. The monoisotopic (exact) mass is 335 g/mol. The van der Waals surface area contributed by atoms with Crippen LogP contribution < -0.4 is 10.1 Å². The highest BCUT2D eigenvalue weighted by atomic mass is 16.5. The van der Waals surface area contributed by atoms with Gasteiger partial charge in [0.05, 0.1) is 6.61 Å². The number of hydrogen-bond donors (Lipinski definition) is 1. The summed E-state index contributed by atoms with van der Waals surface area (Å²) in [5, 5.41) is 3.01. The van der Waals surface area contributed by atoms with Crippen LogP contribution in [0.2, 0.25) is 0 Å². The van der Waals surface area contributed by atoms with Crippen molar-refractivity contribution in [3.8, 4) is 5.75 Å². The van der Waals surface area contributed by atoms with Crippen molar-refractivity contribution in [1.29, 1.82) is 0 Å². The minimum atomic E-state index is -0.780. The molecule has 0 radical (unpaired) electrons. The lowest BCUT2D eigenvalue weighted by atomic mass is 9.96. The summed E-state index contributed by atoms with van der Waals surface area (Å²) in [5.74, 6) is 0.777. The van der Waals surface area contributed by atoms with E-state index in [1.165, 1.54) is 0 Å². The van der Waals surface area contributed by atoms with Crippen molar-refractivity contribution in [2.75, 3.05) is 18.5 Å². The van der Waals surface area contributed by atoms with E-state index >= 15 is 0 Å². The van der Waals surface area contributed by atoms with Gasteiger partial charge in [-0.3, -0.25) is 4.79 Å². The first-order chi connectivity index (χ1) is 11.5. The van der Waals surface area contributed by atoms with Gasteiger partial charge in [0.15, 0.2) is 0 Å². The third-order valence-corrected chi connectivity index (χ3v) is 4.10. The lowest BCUT2D eigenvalue weighted by molar-refractivity contribution is -0.140. The Labute approximate surface area is 146 Å². The van der Waals surface area contributed by atoms with Crippen LogP contribution in [0.25, 0.3) is 0 Å². The number of anilines is 1. The molecular weight excluding hydrogens is 302 g/mol. The fraction of sp³-hybridized carbons (Fsp3) is 0.650. The fourth-order valence-electron chi connectivity index (χ4n) is 2.60. The van der Waals surface area contributed by atoms with Crippen LogP contribution in [0.4, 0.5) is 5.69 Å². The van der Waals surface area contributed by atoms with E-state index in [4.69, 9.17) is 9.47 Å². The predicted octanol–water partition coefficient (Wildman–Crippen LogP) is 5.10. The molecule has 1 aromatic rings. The highest BCUT2D eigenvalue weighted by Crippen LogP contribution is 2.25. The standard InChI is InChI=1S/C20H33NO3/c1-6-9-10-13-20(5,24-14-7-2)19(22)21-17-11-12-18(23-8-3)16(4)15-17/h11-12,15H,6-10,13-14H2,1-5H3,(H,21,22)/t20-/m1/s1. The lowest BCUT2D eigenvalue weighted by Crippen LogP contribution is -2.43. The lowest BCUT2D eigenvalue weighted by Gasteiger charge is -2.29. The topological polar surface area (TPSA) is 47.6 Å². The molecule has 0 saturated carbocycles. The molecule has 4 heteroatoms. The second kappa shape index (κ2) is 10.3. The van der Waals surface area contributed by atoms with E-state index in [2.05, 4.69) is 19.2 Å². The average Bonchev–Trinajstić information content (AvgIpc) is 2.56. The van der Waals surface area contributed by atoms with E-state index in [0.717, 1.165) is 49.1 Å². The number of carbonyl (C=O) groups is 1. The summed E-state index contributed by atoms with van der Waals surface area (Å²) in [6.07, 6.45) is 4.87. The summed E-state index contributed by atoms with van der Waals surface area (Å²) in [6, 6.07) is 5.72. The van der Waals surface area contributed by atoms with Crippen molar-refractivity contribution in [2.24, 2.45) is 0 Å². The van der Waals surface area contributed by atoms with Gasteiger partial charge in [0.2, 0.25) is 0 Å². The molecule has 0 unspecified atom stereocenters. The Morgan fingerprint density at radius 3 is 2.50 bits per heavy atom. The van der Waals surface area contributed by atoms with Gasteiger partial charge in [0.25, 0.3) is 5.91 Å². The summed E-state index contributed by atoms with van der Waals surface area (Å²) >= 11 is 0. The minimum Gasteiger partial charge on any atom is -0.494 e. The number of carbonyl (C=O) groups excluding carboxylic acids is 1. The number of nitrogens with one attached hydrogen (secondary N) is 1.